The van der Waals surface area contributed by atoms with Crippen molar-refractivity contribution in [1.82, 2.24) is 10.6 Å². The van der Waals surface area contributed by atoms with Crippen LogP contribution >= 0.6 is 0 Å². The summed E-state index contributed by atoms with van der Waals surface area (Å²) in [7, 11) is 1.40. The Morgan fingerprint density at radius 2 is 1.82 bits per heavy atom. The molecule has 0 radical (unpaired) electrons. The summed E-state index contributed by atoms with van der Waals surface area (Å²) < 4.78 is 10.4. The summed E-state index contributed by atoms with van der Waals surface area (Å²) in [6, 6.07) is 3.37. The van der Waals surface area contributed by atoms with E-state index in [2.05, 4.69) is 36.6 Å². The minimum absolute atomic E-state index is 0.0530. The third-order valence-electron chi connectivity index (χ3n) is 4.66. The number of carbonyl (C=O) groups is 4. The normalized spacial score (nSPS) is 11.9. The number of nitrogens with one attached hydrogen (secondary N) is 2. The Balaban J connectivity index is 2.51. The summed E-state index contributed by atoms with van der Waals surface area (Å²) >= 11 is 0. The molecule has 1 aromatic carbocycles. The maximum atomic E-state index is 12.1. The molecule has 4 N–H and O–H groups in total. The average molecular weight is 479 g/mol. The lowest BCUT2D eigenvalue weighted by molar-refractivity contribution is -0.146. The van der Waals surface area contributed by atoms with Crippen molar-refractivity contribution >= 4 is 23.8 Å². The van der Waals surface area contributed by atoms with Crippen molar-refractivity contribution in [2.45, 2.75) is 58.5 Å². The molecule has 0 spiro atoms. The van der Waals surface area contributed by atoms with Gasteiger partial charge in [0.15, 0.2) is 11.5 Å². The first-order chi connectivity index (χ1) is 16.1. The van der Waals surface area contributed by atoms with E-state index >= 15 is 0 Å². The monoisotopic (exact) mass is 478 g/mol. The van der Waals surface area contributed by atoms with Crippen LogP contribution in [-0.4, -0.2) is 53.7 Å². The zero-order valence-electron chi connectivity index (χ0n) is 19.8. The Morgan fingerprint density at radius 1 is 1.09 bits per heavy atom. The molecular weight excluding hydrogens is 444 g/mol. The van der Waals surface area contributed by atoms with Crippen LogP contribution in [0.1, 0.15) is 51.5 Å². The Morgan fingerprint density at radius 3 is 2.44 bits per heavy atom. The molecule has 0 fully saturated rings. The van der Waals surface area contributed by atoms with Crippen molar-refractivity contribution in [2.75, 3.05) is 13.7 Å². The van der Waals surface area contributed by atoms with Crippen molar-refractivity contribution in [2.24, 2.45) is 5.92 Å². The molecule has 0 aliphatic rings. The van der Waals surface area contributed by atoms with E-state index in [0.717, 1.165) is 24.8 Å². The topological polar surface area (TPSA) is 151 Å². The number of hydrogen-bond donors (Lipinski definition) is 4. The van der Waals surface area contributed by atoms with Crippen LogP contribution in [0.2, 0.25) is 0 Å². The number of methoxy groups -OCH3 is 1. The average Bonchev–Trinajstić information content (AvgIpc) is 2.77. The van der Waals surface area contributed by atoms with E-state index in [0.29, 0.717) is 12.3 Å². The molecular formula is C24H34N2O8. The second kappa shape index (κ2) is 15.4. The molecule has 188 valence electrons. The standard InChI is InChI=1S/C24H34N2O8/c1-16(2)8-6-4-5-7-9-21(27)26-14-17-10-11-19(20(12-17)33-3)34-23(30)15-25-18(24(31)32)13-22(28)29/h6,8,10-12,16,18,25H,4-5,7,9,13-15H2,1-3H3,(H,26,27)(H,28,29)(H,31,32)/b8-6+/t18-/m0/s1. The van der Waals surface area contributed by atoms with Crippen molar-refractivity contribution < 1.29 is 38.9 Å². The number of hydrogen-bond acceptors (Lipinski definition) is 7. The van der Waals surface area contributed by atoms with Gasteiger partial charge in [0.2, 0.25) is 5.91 Å². The van der Waals surface area contributed by atoms with Gasteiger partial charge in [-0.2, -0.15) is 0 Å². The minimum Gasteiger partial charge on any atom is -0.493 e. The molecule has 0 saturated carbocycles. The number of carbonyl (C=O) groups excluding carboxylic acids is 2. The highest BCUT2D eigenvalue weighted by Gasteiger charge is 2.22. The second-order valence-corrected chi connectivity index (χ2v) is 8.02. The number of carboxylic acids is 2. The number of ether oxygens (including phenoxy) is 2. The van der Waals surface area contributed by atoms with E-state index in [1.54, 1.807) is 12.1 Å². The lowest BCUT2D eigenvalue weighted by Crippen LogP contribution is -2.42. The van der Waals surface area contributed by atoms with Crippen LogP contribution < -0.4 is 20.1 Å². The molecule has 10 heteroatoms. The first kappa shape index (κ1) is 28.6. The van der Waals surface area contributed by atoms with Crippen LogP contribution in [0.25, 0.3) is 0 Å². The van der Waals surface area contributed by atoms with Gasteiger partial charge in [0.1, 0.15) is 6.04 Å². The summed E-state index contributed by atoms with van der Waals surface area (Å²) in [5.41, 5.74) is 0.746. The molecule has 1 aromatic rings. The lowest BCUT2D eigenvalue weighted by Gasteiger charge is -2.14. The zero-order chi connectivity index (χ0) is 25.5. The van der Waals surface area contributed by atoms with Gasteiger partial charge < -0.3 is 25.0 Å². The van der Waals surface area contributed by atoms with Crippen molar-refractivity contribution in [3.05, 3.63) is 35.9 Å². The fourth-order valence-electron chi connectivity index (χ4n) is 2.90. The fraction of sp³-hybridized carbons (Fsp3) is 0.500. The smallest absolute Gasteiger partial charge is 0.325 e. The van der Waals surface area contributed by atoms with Gasteiger partial charge in [0.05, 0.1) is 20.1 Å². The number of aliphatic carboxylic acids is 2. The van der Waals surface area contributed by atoms with Gasteiger partial charge in [-0.15, -0.1) is 0 Å². The van der Waals surface area contributed by atoms with Gasteiger partial charge in [0, 0.05) is 13.0 Å². The lowest BCUT2D eigenvalue weighted by atomic mass is 10.1. The van der Waals surface area contributed by atoms with Gasteiger partial charge in [-0.3, -0.25) is 24.5 Å². The first-order valence-corrected chi connectivity index (χ1v) is 11.1. The molecule has 0 aromatic heterocycles. The number of esters is 1. The van der Waals surface area contributed by atoms with Gasteiger partial charge in [-0.05, 0) is 42.9 Å². The summed E-state index contributed by atoms with van der Waals surface area (Å²) in [6.45, 7) is 4.02. The summed E-state index contributed by atoms with van der Waals surface area (Å²) in [6.07, 6.45) is 6.75. The molecule has 10 nitrogen and oxygen atoms in total. The molecule has 1 atom stereocenters. The SMILES string of the molecule is COc1cc(CNC(=O)CCCC/C=C/C(C)C)ccc1OC(=O)CN[C@@H](CC(=O)O)C(=O)O. The van der Waals surface area contributed by atoms with Crippen LogP contribution in [0.5, 0.6) is 11.5 Å². The highest BCUT2D eigenvalue weighted by Crippen LogP contribution is 2.28. The molecule has 0 heterocycles. The highest BCUT2D eigenvalue weighted by molar-refractivity contribution is 5.82. The number of allylic oxidation sites excluding steroid dienone is 2. The van der Waals surface area contributed by atoms with Gasteiger partial charge >= 0.3 is 17.9 Å². The van der Waals surface area contributed by atoms with E-state index in [1.807, 2.05) is 0 Å². The van der Waals surface area contributed by atoms with Crippen molar-refractivity contribution in [1.29, 1.82) is 0 Å². The number of carboxylic acid groups (broad SMARTS) is 2. The zero-order valence-corrected chi connectivity index (χ0v) is 19.8. The molecule has 0 aliphatic carbocycles. The van der Waals surface area contributed by atoms with E-state index in [-0.39, 0.29) is 24.0 Å². The predicted octanol–water partition coefficient (Wildman–Crippen LogP) is 2.51. The number of rotatable bonds is 16. The molecule has 0 aliphatic heterocycles. The van der Waals surface area contributed by atoms with Crippen molar-refractivity contribution in [3.63, 3.8) is 0 Å². The van der Waals surface area contributed by atoms with Crippen LogP contribution in [-0.2, 0) is 25.7 Å². The third-order valence-corrected chi connectivity index (χ3v) is 4.66. The Labute approximate surface area is 199 Å². The summed E-state index contributed by atoms with van der Waals surface area (Å²) in [4.78, 5) is 45.9. The van der Waals surface area contributed by atoms with Crippen LogP contribution in [0, 0.1) is 5.92 Å². The third kappa shape index (κ3) is 12.0. The molecule has 0 unspecified atom stereocenters. The molecule has 0 saturated heterocycles. The van der Waals surface area contributed by atoms with E-state index in [4.69, 9.17) is 19.7 Å². The quantitative estimate of drug-likeness (QED) is 0.122. The Bertz CT molecular complexity index is 867. The predicted molar refractivity (Wildman–Crippen MR) is 125 cm³/mol. The molecule has 1 rings (SSSR count). The maximum absolute atomic E-state index is 12.1. The van der Waals surface area contributed by atoms with Crippen LogP contribution in [0.3, 0.4) is 0 Å². The largest absolute Gasteiger partial charge is 0.493 e. The van der Waals surface area contributed by atoms with Gasteiger partial charge in [0.25, 0.3) is 0 Å². The summed E-state index contributed by atoms with van der Waals surface area (Å²) in [5.74, 6) is -2.65. The molecule has 0 bridgehead atoms. The minimum atomic E-state index is -1.42. The molecule has 1 amide bonds. The summed E-state index contributed by atoms with van der Waals surface area (Å²) in [5, 5.41) is 22.9. The van der Waals surface area contributed by atoms with E-state index in [1.165, 1.54) is 13.2 Å². The second-order valence-electron chi connectivity index (χ2n) is 8.02. The highest BCUT2D eigenvalue weighted by atomic mass is 16.6. The number of amides is 1. The maximum Gasteiger partial charge on any atom is 0.325 e. The fourth-order valence-corrected chi connectivity index (χ4v) is 2.90. The number of benzene rings is 1. The Hall–Kier alpha value is -3.40. The van der Waals surface area contributed by atoms with Crippen molar-refractivity contribution in [3.8, 4) is 11.5 Å². The van der Waals surface area contributed by atoms with Gasteiger partial charge in [-0.25, -0.2) is 0 Å². The van der Waals surface area contributed by atoms with Crippen LogP contribution in [0.15, 0.2) is 30.4 Å². The van der Waals surface area contributed by atoms with E-state index < -0.39 is 36.9 Å². The first-order valence-electron chi connectivity index (χ1n) is 11.1. The van der Waals surface area contributed by atoms with E-state index in [9.17, 15) is 19.2 Å². The van der Waals surface area contributed by atoms with Gasteiger partial charge in [-0.1, -0.05) is 32.1 Å². The molecule has 34 heavy (non-hydrogen) atoms. The Kier molecular flexibility index (Phi) is 13.0. The number of unbranched alkanes of at least 4 members (excludes halogenated alkanes) is 2. The van der Waals surface area contributed by atoms with Crippen LogP contribution in [0.4, 0.5) is 0 Å².